The third-order valence-corrected chi connectivity index (χ3v) is 5.73. The van der Waals surface area contributed by atoms with E-state index < -0.39 is 6.36 Å². The molecule has 3 aromatic rings. The molecular weight excluding hydrogens is 413 g/mol. The molecule has 5 nitrogen and oxygen atoms in total. The average Bonchev–Trinajstić information content (AvgIpc) is 2.73. The molecule has 4 rings (SSSR count). The summed E-state index contributed by atoms with van der Waals surface area (Å²) in [6, 6.07) is 13.7. The molecule has 9 heteroatoms. The number of hydrogen-bond donors (Lipinski definition) is 1. The number of alkyl halides is 3. The van der Waals surface area contributed by atoms with Gasteiger partial charge in [-0.1, -0.05) is 42.1 Å². The van der Waals surface area contributed by atoms with Crippen molar-refractivity contribution in [1.82, 2.24) is 9.97 Å². The molecule has 2 N–H and O–H groups in total. The molecule has 0 fully saturated rings. The lowest BCUT2D eigenvalue weighted by Gasteiger charge is -2.27. The predicted molar refractivity (Wildman–Crippen MR) is 110 cm³/mol. The molecule has 0 unspecified atom stereocenters. The van der Waals surface area contributed by atoms with Crippen LogP contribution in [0.4, 0.5) is 13.2 Å². The zero-order valence-electron chi connectivity index (χ0n) is 15.6. The summed E-state index contributed by atoms with van der Waals surface area (Å²) in [5, 5.41) is 0.413. The lowest BCUT2D eigenvalue weighted by molar-refractivity contribution is -0.274. The third kappa shape index (κ3) is 4.91. The molecule has 154 valence electrons. The van der Waals surface area contributed by atoms with Gasteiger partial charge in [-0.25, -0.2) is 9.97 Å². The maximum absolute atomic E-state index is 12.4. The number of rotatable bonds is 4. The van der Waals surface area contributed by atoms with E-state index >= 15 is 0 Å². The third-order valence-electron chi connectivity index (χ3n) is 4.63. The van der Waals surface area contributed by atoms with E-state index in [0.717, 1.165) is 22.3 Å². The zero-order chi connectivity index (χ0) is 21.1. The second-order valence-corrected chi connectivity index (χ2v) is 7.92. The van der Waals surface area contributed by atoms with Crippen molar-refractivity contribution in [1.29, 1.82) is 0 Å². The van der Waals surface area contributed by atoms with Crippen LogP contribution in [-0.4, -0.2) is 21.5 Å². The number of halogens is 3. The van der Waals surface area contributed by atoms with Crippen LogP contribution in [0.25, 0.3) is 11.1 Å². The minimum Gasteiger partial charge on any atom is -0.406 e. The minimum atomic E-state index is -4.71. The van der Waals surface area contributed by atoms with Crippen LogP contribution < -0.4 is 10.5 Å². The Morgan fingerprint density at radius 1 is 0.967 bits per heavy atom. The van der Waals surface area contributed by atoms with Gasteiger partial charge in [-0.2, -0.15) is 0 Å². The number of nitrogens with zero attached hydrogens (tertiary/aromatic N) is 3. The van der Waals surface area contributed by atoms with Crippen LogP contribution in [0, 0.1) is 0 Å². The van der Waals surface area contributed by atoms with Crippen molar-refractivity contribution in [2.45, 2.75) is 24.1 Å². The van der Waals surface area contributed by atoms with Gasteiger partial charge < -0.3 is 10.5 Å². The van der Waals surface area contributed by atoms with Gasteiger partial charge in [-0.05, 0) is 41.3 Å². The van der Waals surface area contributed by atoms with Crippen molar-refractivity contribution in [3.63, 3.8) is 0 Å². The van der Waals surface area contributed by atoms with E-state index in [1.807, 2.05) is 24.3 Å². The van der Waals surface area contributed by atoms with Gasteiger partial charge >= 0.3 is 6.36 Å². The van der Waals surface area contributed by atoms with Gasteiger partial charge in [0.1, 0.15) is 12.1 Å². The Balaban J connectivity index is 1.55. The van der Waals surface area contributed by atoms with Gasteiger partial charge in [0.25, 0.3) is 0 Å². The molecule has 0 spiro atoms. The van der Waals surface area contributed by atoms with Gasteiger partial charge in [0.05, 0.1) is 6.04 Å². The SMILES string of the molecule is NC1=N[C@H](c2cccc(-c3cncnc3)c2)C[C@@H](c2ccc(OC(F)(F)F)cc2)S1. The number of ether oxygens (including phenoxy) is 1. The van der Waals surface area contributed by atoms with Crippen molar-refractivity contribution >= 4 is 16.9 Å². The van der Waals surface area contributed by atoms with E-state index in [4.69, 9.17) is 5.73 Å². The Kier molecular flexibility index (Phi) is 5.63. The van der Waals surface area contributed by atoms with Crippen LogP contribution in [-0.2, 0) is 0 Å². The highest BCUT2D eigenvalue weighted by atomic mass is 32.2. The molecule has 0 radical (unpaired) electrons. The fourth-order valence-electron chi connectivity index (χ4n) is 3.31. The van der Waals surface area contributed by atoms with E-state index in [2.05, 4.69) is 19.7 Å². The number of nitrogens with two attached hydrogens (primary N) is 1. The summed E-state index contributed by atoms with van der Waals surface area (Å²) in [6.45, 7) is 0. The highest BCUT2D eigenvalue weighted by molar-refractivity contribution is 8.14. The molecule has 30 heavy (non-hydrogen) atoms. The Hall–Kier alpha value is -3.07. The fourth-order valence-corrected chi connectivity index (χ4v) is 4.36. The van der Waals surface area contributed by atoms with Crippen LogP contribution in [0.1, 0.15) is 28.8 Å². The summed E-state index contributed by atoms with van der Waals surface area (Å²) in [6.07, 6.45) is 0.922. The largest absolute Gasteiger partial charge is 0.573 e. The molecule has 0 saturated heterocycles. The van der Waals surface area contributed by atoms with Gasteiger partial charge in [-0.15, -0.1) is 13.2 Å². The lowest BCUT2D eigenvalue weighted by atomic mass is 9.96. The van der Waals surface area contributed by atoms with Crippen LogP contribution in [0.2, 0.25) is 0 Å². The monoisotopic (exact) mass is 430 g/mol. The maximum atomic E-state index is 12.4. The van der Waals surface area contributed by atoms with Crippen LogP contribution >= 0.6 is 11.8 Å². The number of aliphatic imine (C=N–C) groups is 1. The molecular formula is C21H17F3N4OS. The number of amidine groups is 1. The maximum Gasteiger partial charge on any atom is 0.573 e. The molecule has 0 amide bonds. The van der Waals surface area contributed by atoms with Crippen LogP contribution in [0.3, 0.4) is 0 Å². The zero-order valence-corrected chi connectivity index (χ0v) is 16.4. The lowest BCUT2D eigenvalue weighted by Crippen LogP contribution is -2.19. The van der Waals surface area contributed by atoms with Gasteiger partial charge in [0, 0.05) is 23.2 Å². The van der Waals surface area contributed by atoms with Crippen molar-refractivity contribution in [2.75, 3.05) is 0 Å². The smallest absolute Gasteiger partial charge is 0.406 e. The topological polar surface area (TPSA) is 73.4 Å². The highest BCUT2D eigenvalue weighted by Crippen LogP contribution is 2.43. The van der Waals surface area contributed by atoms with E-state index in [-0.39, 0.29) is 17.0 Å². The number of thioether (sulfide) groups is 1. The van der Waals surface area contributed by atoms with Gasteiger partial charge in [0.15, 0.2) is 5.17 Å². The molecule has 1 aromatic heterocycles. The first-order chi connectivity index (χ1) is 14.4. The quantitative estimate of drug-likeness (QED) is 0.610. The predicted octanol–water partition coefficient (Wildman–Crippen LogP) is 5.28. The Bertz CT molecular complexity index is 1040. The molecule has 2 heterocycles. The van der Waals surface area contributed by atoms with E-state index in [9.17, 15) is 13.2 Å². The Morgan fingerprint density at radius 2 is 1.70 bits per heavy atom. The molecule has 1 aliphatic rings. The number of hydrogen-bond acceptors (Lipinski definition) is 6. The number of aromatic nitrogens is 2. The van der Waals surface area contributed by atoms with Crippen molar-refractivity contribution < 1.29 is 17.9 Å². The van der Waals surface area contributed by atoms with Crippen LogP contribution in [0.5, 0.6) is 5.75 Å². The standard InChI is InChI=1S/C21H17F3N4OS/c22-21(23,24)29-17-6-4-13(5-7-17)19-9-18(28-20(25)30-19)15-3-1-2-14(8-15)16-10-26-12-27-11-16/h1-8,10-12,18-19H,9H2,(H2,25,28)/t18-,19-/m0/s1. The first-order valence-electron chi connectivity index (χ1n) is 9.08. The Labute approximate surface area is 175 Å². The molecule has 0 saturated carbocycles. The summed E-state index contributed by atoms with van der Waals surface area (Å²) >= 11 is 1.40. The molecule has 0 bridgehead atoms. The van der Waals surface area contributed by atoms with Gasteiger partial charge in [0.2, 0.25) is 0 Å². The van der Waals surface area contributed by atoms with E-state index in [0.29, 0.717) is 11.6 Å². The van der Waals surface area contributed by atoms with Crippen LogP contribution in [0.15, 0.2) is 72.2 Å². The minimum absolute atomic E-state index is 0.0313. The normalized spacial score (nSPS) is 19.2. The average molecular weight is 430 g/mol. The first-order valence-corrected chi connectivity index (χ1v) is 9.96. The number of benzene rings is 2. The van der Waals surface area contributed by atoms with Gasteiger partial charge in [-0.3, -0.25) is 4.99 Å². The van der Waals surface area contributed by atoms with E-state index in [1.165, 1.54) is 30.2 Å². The molecule has 0 aliphatic carbocycles. The summed E-state index contributed by atoms with van der Waals surface area (Å²) in [5.74, 6) is -0.247. The molecule has 2 aromatic carbocycles. The highest BCUT2D eigenvalue weighted by Gasteiger charge is 2.31. The summed E-state index contributed by atoms with van der Waals surface area (Å²) < 4.78 is 41.1. The van der Waals surface area contributed by atoms with Crippen molar-refractivity contribution in [3.05, 3.63) is 78.4 Å². The molecule has 2 atom stereocenters. The fraction of sp³-hybridized carbons (Fsp3) is 0.190. The second kappa shape index (κ2) is 8.35. The summed E-state index contributed by atoms with van der Waals surface area (Å²) in [7, 11) is 0. The Morgan fingerprint density at radius 3 is 2.40 bits per heavy atom. The first kappa shape index (κ1) is 20.2. The van der Waals surface area contributed by atoms with E-state index in [1.54, 1.807) is 24.5 Å². The summed E-state index contributed by atoms with van der Waals surface area (Å²) in [4.78, 5) is 12.7. The summed E-state index contributed by atoms with van der Waals surface area (Å²) in [5.41, 5.74) is 9.82. The van der Waals surface area contributed by atoms with Crippen molar-refractivity contribution in [2.24, 2.45) is 10.7 Å². The molecule has 1 aliphatic heterocycles. The second-order valence-electron chi connectivity index (χ2n) is 6.69. The van der Waals surface area contributed by atoms with Crippen molar-refractivity contribution in [3.8, 4) is 16.9 Å².